The molecule has 5 unspecified atom stereocenters. The van der Waals surface area contributed by atoms with Crippen LogP contribution in [0.4, 0.5) is 4.79 Å². The molecule has 0 aromatic carbocycles. The molecule has 2 amide bonds. The summed E-state index contributed by atoms with van der Waals surface area (Å²) in [4.78, 5) is 30.4. The largest absolute Gasteiger partial charge is 0.393 e. The molecule has 3 N–H and O–H groups in total. The van der Waals surface area contributed by atoms with Crippen LogP contribution in [0.15, 0.2) is 0 Å². The van der Waals surface area contributed by atoms with Crippen LogP contribution in [-0.2, 0) is 4.79 Å². The van der Waals surface area contributed by atoms with Crippen molar-refractivity contribution in [3.05, 3.63) is 0 Å². The summed E-state index contributed by atoms with van der Waals surface area (Å²) in [6.45, 7) is 17.3. The molecule has 1 saturated heterocycles. The molecular weight excluding hydrogens is 538 g/mol. The number of hydrogen-bond acceptors (Lipinski definition) is 5. The van der Waals surface area contributed by atoms with Crippen LogP contribution in [0.5, 0.6) is 0 Å². The lowest BCUT2D eigenvalue weighted by atomic mass is 9.31. The molecule has 10 atom stereocenters. The van der Waals surface area contributed by atoms with Gasteiger partial charge in [-0.3, -0.25) is 4.79 Å². The maximum absolute atomic E-state index is 14.8. The van der Waals surface area contributed by atoms with Crippen molar-refractivity contribution >= 4 is 11.8 Å². The Kier molecular flexibility index (Phi) is 7.23. The van der Waals surface area contributed by atoms with E-state index in [0.29, 0.717) is 44.6 Å². The van der Waals surface area contributed by atoms with Crippen molar-refractivity contribution in [3.8, 4) is 6.07 Å². The van der Waals surface area contributed by atoms with Gasteiger partial charge >= 0.3 is 6.03 Å². The summed E-state index contributed by atoms with van der Waals surface area (Å²) in [5.74, 6) is 0.397. The quantitative estimate of drug-likeness (QED) is 0.340. The number of carbonyl (C=O) groups is 2. The molecule has 5 aliphatic carbocycles. The Morgan fingerprint density at radius 3 is 2.19 bits per heavy atom. The molecule has 7 heteroatoms. The molecule has 0 bridgehead atoms. The smallest absolute Gasteiger partial charge is 0.317 e. The molecule has 7 nitrogen and oxygen atoms in total. The average Bonchev–Trinajstić information content (AvgIpc) is 2.93. The highest BCUT2D eigenvalue weighted by molar-refractivity contribution is 5.85. The molecule has 0 aromatic heterocycles. The molecular formula is C36H57N3O4. The van der Waals surface area contributed by atoms with Crippen molar-refractivity contribution in [2.75, 3.05) is 13.1 Å². The summed E-state index contributed by atoms with van der Waals surface area (Å²) in [5.41, 5.74) is -1.08. The normalized spacial score (nSPS) is 49.0. The van der Waals surface area contributed by atoms with Crippen LogP contribution in [-0.4, -0.2) is 57.8 Å². The third-order valence-corrected chi connectivity index (χ3v) is 15.3. The Morgan fingerprint density at radius 1 is 0.884 bits per heavy atom. The number of hydrogen-bond donors (Lipinski definition) is 3. The fraction of sp³-hybridized carbons (Fsp3) is 0.917. The van der Waals surface area contributed by atoms with Gasteiger partial charge < -0.3 is 20.4 Å². The number of urea groups is 1. The maximum Gasteiger partial charge on any atom is 0.317 e. The first-order chi connectivity index (χ1) is 19.9. The minimum atomic E-state index is -0.644. The van der Waals surface area contributed by atoms with Crippen molar-refractivity contribution in [1.29, 1.82) is 5.26 Å². The summed E-state index contributed by atoms with van der Waals surface area (Å²) in [7, 11) is 0. The van der Waals surface area contributed by atoms with Crippen LogP contribution in [0.3, 0.4) is 0 Å². The number of nitrogens with one attached hydrogen (secondary N) is 1. The molecule has 0 spiro atoms. The van der Waals surface area contributed by atoms with Crippen LogP contribution < -0.4 is 5.32 Å². The third-order valence-electron chi connectivity index (χ3n) is 15.3. The Morgan fingerprint density at radius 2 is 1.53 bits per heavy atom. The first-order valence-electron chi connectivity index (χ1n) is 17.3. The number of aliphatic hydroxyl groups is 2. The van der Waals surface area contributed by atoms with E-state index in [1.807, 2.05) is 4.90 Å². The number of likely N-dealkylation sites (tertiary alicyclic amines) is 1. The maximum atomic E-state index is 14.8. The first-order valence-corrected chi connectivity index (χ1v) is 17.3. The van der Waals surface area contributed by atoms with E-state index < -0.39 is 12.0 Å². The van der Waals surface area contributed by atoms with Gasteiger partial charge in [-0.05, 0) is 109 Å². The fourth-order valence-corrected chi connectivity index (χ4v) is 12.6. The zero-order valence-corrected chi connectivity index (χ0v) is 27.8. The molecule has 6 fully saturated rings. The number of aliphatic hydroxyl groups excluding tert-OH is 2. The predicted octanol–water partition coefficient (Wildman–Crippen LogP) is 6.08. The number of amides is 2. The third kappa shape index (κ3) is 4.38. The Hall–Kier alpha value is -1.65. The van der Waals surface area contributed by atoms with Gasteiger partial charge in [-0.1, -0.05) is 48.5 Å². The van der Waals surface area contributed by atoms with Crippen molar-refractivity contribution in [2.45, 2.75) is 137 Å². The van der Waals surface area contributed by atoms with E-state index in [-0.39, 0.29) is 68.4 Å². The van der Waals surface area contributed by atoms with Crippen LogP contribution in [0.25, 0.3) is 0 Å². The Labute approximate surface area is 259 Å². The molecule has 1 aliphatic heterocycles. The SMILES string of the molecule is CC1(C)CC[C@]2(NC(=O)N3CCC(O)CC3)CC[C@]3(C)C(C(=O)CC4[C@@]5(C)CC(C#N)C(O)C(C)(C)[C@@H]5CC[C@]43C)C2C1. The molecule has 1 heterocycles. The summed E-state index contributed by atoms with van der Waals surface area (Å²) in [6, 6.07) is 2.44. The number of ketones is 1. The van der Waals surface area contributed by atoms with Crippen LogP contribution >= 0.6 is 0 Å². The standard InChI is InChI=1S/C36H57N3O4/c1-31(2)12-14-36(38-30(43)39-16-9-23(40)10-17-39)15-13-35(7)28(24(36)20-31)25(41)18-27-33(5)19-22(21-37)29(42)32(3,4)26(33)8-11-34(27,35)6/h22-24,26-29,40,42H,8-20H2,1-7H3,(H,38,43)/t22?,24?,26-,27?,28?,29?,33-,34+,35+,36-/m0/s1. The van der Waals surface area contributed by atoms with Crippen molar-refractivity contribution in [2.24, 2.45) is 56.7 Å². The topological polar surface area (TPSA) is 114 Å². The lowest BCUT2D eigenvalue weighted by molar-refractivity contribution is -0.245. The molecule has 5 saturated carbocycles. The van der Waals surface area contributed by atoms with Gasteiger partial charge in [-0.15, -0.1) is 0 Å². The van der Waals surface area contributed by atoms with Crippen molar-refractivity contribution < 1.29 is 19.8 Å². The second-order valence-corrected chi connectivity index (χ2v) is 18.1. The van der Waals surface area contributed by atoms with E-state index in [2.05, 4.69) is 59.9 Å². The van der Waals surface area contributed by atoms with E-state index >= 15 is 0 Å². The number of piperidine rings is 1. The number of carbonyl (C=O) groups excluding carboxylic acids is 2. The molecule has 0 radical (unpaired) electrons. The summed E-state index contributed by atoms with van der Waals surface area (Å²) in [5, 5.41) is 35.0. The predicted molar refractivity (Wildman–Crippen MR) is 166 cm³/mol. The van der Waals surface area contributed by atoms with Crippen LogP contribution in [0.1, 0.15) is 119 Å². The zero-order chi connectivity index (χ0) is 31.4. The van der Waals surface area contributed by atoms with E-state index in [4.69, 9.17) is 0 Å². The van der Waals surface area contributed by atoms with Gasteiger partial charge in [-0.2, -0.15) is 5.26 Å². The van der Waals surface area contributed by atoms with E-state index in [0.717, 1.165) is 44.9 Å². The number of rotatable bonds is 1. The number of nitrogens with zero attached hydrogens (tertiary/aromatic N) is 2. The van der Waals surface area contributed by atoms with Crippen LogP contribution in [0.2, 0.25) is 0 Å². The highest BCUT2D eigenvalue weighted by Crippen LogP contribution is 2.75. The minimum Gasteiger partial charge on any atom is -0.393 e. The van der Waals surface area contributed by atoms with E-state index in [9.17, 15) is 25.1 Å². The van der Waals surface area contributed by atoms with Crippen molar-refractivity contribution in [3.63, 3.8) is 0 Å². The average molecular weight is 596 g/mol. The van der Waals surface area contributed by atoms with Gasteiger partial charge in [0.15, 0.2) is 0 Å². The minimum absolute atomic E-state index is 0.0221. The monoisotopic (exact) mass is 595 g/mol. The van der Waals surface area contributed by atoms with Gasteiger partial charge in [-0.25, -0.2) is 4.79 Å². The highest BCUT2D eigenvalue weighted by Gasteiger charge is 2.73. The molecule has 43 heavy (non-hydrogen) atoms. The molecule has 0 aromatic rings. The Bertz CT molecular complexity index is 1200. The lowest BCUT2D eigenvalue weighted by Gasteiger charge is -2.73. The lowest BCUT2D eigenvalue weighted by Crippen LogP contribution is -2.73. The number of nitriles is 1. The number of Topliss-reactive ketones (excluding diaryl/α,β-unsaturated/α-hetero) is 1. The first kappa shape index (κ1) is 31.3. The number of fused-ring (bicyclic) bond motifs is 7. The molecule has 6 rings (SSSR count). The second kappa shape index (κ2) is 9.92. The van der Waals surface area contributed by atoms with Gasteiger partial charge in [0.05, 0.1) is 24.2 Å². The molecule has 240 valence electrons. The Balaban J connectivity index is 1.36. The van der Waals surface area contributed by atoms with Gasteiger partial charge in [0, 0.05) is 31.0 Å². The zero-order valence-electron chi connectivity index (χ0n) is 27.8. The molecule has 6 aliphatic rings. The second-order valence-electron chi connectivity index (χ2n) is 18.1. The van der Waals surface area contributed by atoms with E-state index in [1.165, 1.54) is 0 Å². The van der Waals surface area contributed by atoms with Crippen LogP contribution in [0, 0.1) is 68.0 Å². The summed E-state index contributed by atoms with van der Waals surface area (Å²) >= 11 is 0. The highest BCUT2D eigenvalue weighted by atomic mass is 16.3. The van der Waals surface area contributed by atoms with Gasteiger partial charge in [0.1, 0.15) is 5.78 Å². The van der Waals surface area contributed by atoms with Gasteiger partial charge in [0.2, 0.25) is 0 Å². The van der Waals surface area contributed by atoms with Crippen molar-refractivity contribution in [1.82, 2.24) is 10.2 Å². The summed E-state index contributed by atoms with van der Waals surface area (Å²) in [6.07, 6.45) is 8.22. The van der Waals surface area contributed by atoms with E-state index in [1.54, 1.807) is 0 Å². The van der Waals surface area contributed by atoms with Gasteiger partial charge in [0.25, 0.3) is 0 Å². The summed E-state index contributed by atoms with van der Waals surface area (Å²) < 4.78 is 0. The fourth-order valence-electron chi connectivity index (χ4n) is 12.6.